The van der Waals surface area contributed by atoms with E-state index in [1.54, 1.807) is 0 Å². The number of benzene rings is 1. The largest absolute Gasteiger partial charge is 0.481 e. The van der Waals surface area contributed by atoms with Gasteiger partial charge in [-0.2, -0.15) is 0 Å². The normalized spacial score (nSPS) is 10.6. The summed E-state index contributed by atoms with van der Waals surface area (Å²) in [6.07, 6.45) is 0.746. The highest BCUT2D eigenvalue weighted by Crippen LogP contribution is 2.27. The average Bonchev–Trinajstić information content (AvgIpc) is 2.77. The lowest BCUT2D eigenvalue weighted by molar-refractivity contribution is -0.138. The Morgan fingerprint density at radius 1 is 1.37 bits per heavy atom. The molecule has 0 saturated carbocycles. The SMILES string of the molecule is CCc1ccc2nc(NC(=O)CCC(=O)O)sc2c1. The summed E-state index contributed by atoms with van der Waals surface area (Å²) < 4.78 is 1.02. The van der Waals surface area contributed by atoms with Gasteiger partial charge in [0.25, 0.3) is 0 Å². The molecular formula is C13H14N2O3S. The number of fused-ring (bicyclic) bond motifs is 1. The lowest BCUT2D eigenvalue weighted by Gasteiger charge is -1.98. The molecule has 1 aromatic heterocycles. The van der Waals surface area contributed by atoms with Crippen molar-refractivity contribution in [2.75, 3.05) is 5.32 Å². The van der Waals surface area contributed by atoms with Crippen molar-refractivity contribution in [1.29, 1.82) is 0 Å². The van der Waals surface area contributed by atoms with Crippen LogP contribution in [0.1, 0.15) is 25.3 Å². The molecule has 0 aliphatic carbocycles. The van der Waals surface area contributed by atoms with Crippen LogP contribution >= 0.6 is 11.3 Å². The molecule has 0 aliphatic rings. The van der Waals surface area contributed by atoms with Crippen LogP contribution in [0.5, 0.6) is 0 Å². The molecule has 2 aromatic rings. The fourth-order valence-electron chi connectivity index (χ4n) is 1.64. The second-order valence-electron chi connectivity index (χ2n) is 4.12. The molecule has 1 amide bonds. The van der Waals surface area contributed by atoms with E-state index >= 15 is 0 Å². The van der Waals surface area contributed by atoms with E-state index in [0.717, 1.165) is 16.6 Å². The van der Waals surface area contributed by atoms with Crippen LogP contribution in [-0.4, -0.2) is 22.0 Å². The molecule has 2 N–H and O–H groups in total. The minimum absolute atomic E-state index is 0.0362. The van der Waals surface area contributed by atoms with Gasteiger partial charge in [0.15, 0.2) is 5.13 Å². The number of hydrogen-bond donors (Lipinski definition) is 2. The third kappa shape index (κ3) is 3.51. The van der Waals surface area contributed by atoms with Crippen LogP contribution in [0, 0.1) is 0 Å². The molecule has 0 atom stereocenters. The number of aryl methyl sites for hydroxylation is 1. The highest BCUT2D eigenvalue weighted by Gasteiger charge is 2.09. The highest BCUT2D eigenvalue weighted by molar-refractivity contribution is 7.22. The number of carboxylic acids is 1. The maximum absolute atomic E-state index is 11.5. The van der Waals surface area contributed by atoms with Gasteiger partial charge in [-0.05, 0) is 24.1 Å². The number of amides is 1. The Labute approximate surface area is 114 Å². The van der Waals surface area contributed by atoms with Crippen molar-refractivity contribution in [3.8, 4) is 0 Å². The molecule has 0 aliphatic heterocycles. The zero-order chi connectivity index (χ0) is 13.8. The standard InChI is InChI=1S/C13H14N2O3S/c1-2-8-3-4-9-10(7-8)19-13(14-9)15-11(16)5-6-12(17)18/h3-4,7H,2,5-6H2,1H3,(H,17,18)(H,14,15,16). The van der Waals surface area contributed by atoms with Crippen LogP contribution in [0.4, 0.5) is 5.13 Å². The Morgan fingerprint density at radius 2 is 2.16 bits per heavy atom. The van der Waals surface area contributed by atoms with Gasteiger partial charge in [-0.15, -0.1) is 0 Å². The fraction of sp³-hybridized carbons (Fsp3) is 0.308. The number of rotatable bonds is 5. The molecule has 1 aromatic carbocycles. The van der Waals surface area contributed by atoms with Gasteiger partial charge in [0.05, 0.1) is 16.6 Å². The van der Waals surface area contributed by atoms with Crippen molar-refractivity contribution in [2.45, 2.75) is 26.2 Å². The Kier molecular flexibility index (Phi) is 4.11. The minimum Gasteiger partial charge on any atom is -0.481 e. The maximum Gasteiger partial charge on any atom is 0.303 e. The first kappa shape index (κ1) is 13.5. The molecule has 100 valence electrons. The molecule has 0 radical (unpaired) electrons. The van der Waals surface area contributed by atoms with E-state index in [9.17, 15) is 9.59 Å². The predicted octanol–water partition coefficient (Wildman–Crippen LogP) is 2.66. The van der Waals surface area contributed by atoms with E-state index in [4.69, 9.17) is 5.11 Å². The van der Waals surface area contributed by atoms with Crippen LogP contribution in [0.3, 0.4) is 0 Å². The van der Waals surface area contributed by atoms with Gasteiger partial charge < -0.3 is 10.4 Å². The first-order chi connectivity index (χ1) is 9.08. The first-order valence-electron chi connectivity index (χ1n) is 5.99. The van der Waals surface area contributed by atoms with E-state index in [-0.39, 0.29) is 18.7 Å². The number of anilines is 1. The van der Waals surface area contributed by atoms with Crippen LogP contribution < -0.4 is 5.32 Å². The Hall–Kier alpha value is -1.95. The molecule has 0 saturated heterocycles. The number of thiazole rings is 1. The second-order valence-corrected chi connectivity index (χ2v) is 5.15. The van der Waals surface area contributed by atoms with Gasteiger partial charge in [0, 0.05) is 6.42 Å². The molecule has 0 spiro atoms. The third-order valence-corrected chi connectivity index (χ3v) is 3.61. The Balaban J connectivity index is 2.08. The van der Waals surface area contributed by atoms with Crippen molar-refractivity contribution in [3.05, 3.63) is 23.8 Å². The summed E-state index contributed by atoms with van der Waals surface area (Å²) in [6, 6.07) is 6.00. The lowest BCUT2D eigenvalue weighted by Crippen LogP contribution is -2.12. The van der Waals surface area contributed by atoms with Crippen LogP contribution in [0.15, 0.2) is 18.2 Å². The maximum atomic E-state index is 11.5. The van der Waals surface area contributed by atoms with E-state index in [0.29, 0.717) is 5.13 Å². The summed E-state index contributed by atoms with van der Waals surface area (Å²) in [7, 11) is 0. The van der Waals surface area contributed by atoms with Gasteiger partial charge in [0.1, 0.15) is 0 Å². The number of carbonyl (C=O) groups excluding carboxylic acids is 1. The molecule has 0 bridgehead atoms. The highest BCUT2D eigenvalue weighted by atomic mass is 32.1. The van der Waals surface area contributed by atoms with Gasteiger partial charge >= 0.3 is 5.97 Å². The number of nitrogens with one attached hydrogen (secondary N) is 1. The molecule has 5 nitrogen and oxygen atoms in total. The van der Waals surface area contributed by atoms with E-state index in [2.05, 4.69) is 23.3 Å². The van der Waals surface area contributed by atoms with E-state index in [1.165, 1.54) is 16.9 Å². The zero-order valence-corrected chi connectivity index (χ0v) is 11.3. The minimum atomic E-state index is -0.980. The van der Waals surface area contributed by atoms with Gasteiger partial charge in [-0.25, -0.2) is 4.98 Å². The van der Waals surface area contributed by atoms with E-state index < -0.39 is 5.97 Å². The molecule has 2 rings (SSSR count). The molecule has 1 heterocycles. The Morgan fingerprint density at radius 3 is 2.84 bits per heavy atom. The van der Waals surface area contributed by atoms with E-state index in [1.807, 2.05) is 12.1 Å². The quantitative estimate of drug-likeness (QED) is 0.881. The lowest BCUT2D eigenvalue weighted by atomic mass is 10.2. The molecule has 0 unspecified atom stereocenters. The Bertz CT molecular complexity index is 621. The van der Waals surface area contributed by atoms with Crippen molar-refractivity contribution in [1.82, 2.24) is 4.98 Å². The number of carboxylic acid groups (broad SMARTS) is 1. The number of nitrogens with zero attached hydrogens (tertiary/aromatic N) is 1. The van der Waals surface area contributed by atoms with Crippen molar-refractivity contribution < 1.29 is 14.7 Å². The van der Waals surface area contributed by atoms with Crippen LogP contribution in [0.25, 0.3) is 10.2 Å². The zero-order valence-electron chi connectivity index (χ0n) is 10.5. The topological polar surface area (TPSA) is 79.3 Å². The second kappa shape index (κ2) is 5.79. The van der Waals surface area contributed by atoms with Crippen LogP contribution in [-0.2, 0) is 16.0 Å². The first-order valence-corrected chi connectivity index (χ1v) is 6.81. The summed E-state index contributed by atoms with van der Waals surface area (Å²) in [5, 5.41) is 11.6. The molecular weight excluding hydrogens is 264 g/mol. The van der Waals surface area contributed by atoms with Gasteiger partial charge in [-0.3, -0.25) is 9.59 Å². The molecule has 6 heteroatoms. The van der Waals surface area contributed by atoms with Crippen molar-refractivity contribution >= 4 is 38.6 Å². The number of carbonyl (C=O) groups is 2. The molecule has 0 fully saturated rings. The summed E-state index contributed by atoms with van der Waals surface area (Å²) in [5.74, 6) is -1.30. The number of aromatic nitrogens is 1. The third-order valence-electron chi connectivity index (χ3n) is 2.67. The van der Waals surface area contributed by atoms with Crippen molar-refractivity contribution in [3.63, 3.8) is 0 Å². The predicted molar refractivity (Wildman–Crippen MR) is 74.5 cm³/mol. The van der Waals surface area contributed by atoms with Crippen molar-refractivity contribution in [2.24, 2.45) is 0 Å². The summed E-state index contributed by atoms with van der Waals surface area (Å²) in [4.78, 5) is 26.2. The smallest absolute Gasteiger partial charge is 0.303 e. The number of hydrogen-bond acceptors (Lipinski definition) is 4. The summed E-state index contributed by atoms with van der Waals surface area (Å²) in [6.45, 7) is 2.08. The summed E-state index contributed by atoms with van der Waals surface area (Å²) in [5.41, 5.74) is 2.07. The fourth-order valence-corrected chi connectivity index (χ4v) is 2.59. The van der Waals surface area contributed by atoms with Crippen LogP contribution in [0.2, 0.25) is 0 Å². The van der Waals surface area contributed by atoms with Gasteiger partial charge in [0.2, 0.25) is 5.91 Å². The summed E-state index contributed by atoms with van der Waals surface area (Å²) >= 11 is 1.40. The van der Waals surface area contributed by atoms with Gasteiger partial charge in [-0.1, -0.05) is 24.3 Å². The number of aliphatic carboxylic acids is 1. The average molecular weight is 278 g/mol. The monoisotopic (exact) mass is 278 g/mol. The molecule has 19 heavy (non-hydrogen) atoms.